The zero-order valence-corrected chi connectivity index (χ0v) is 30.8. The Balaban J connectivity index is 1.46. The lowest BCUT2D eigenvalue weighted by Gasteiger charge is -2.22. The summed E-state index contributed by atoms with van der Waals surface area (Å²) in [6, 6.07) is 15.6. The number of primary amides is 2. The molecule has 0 aromatic heterocycles. The predicted octanol–water partition coefficient (Wildman–Crippen LogP) is 2.11. The molecular weight excluding hydrogens is 730 g/mol. The largest absolute Gasteiger partial charge is 0.480 e. The Morgan fingerprint density at radius 2 is 1.00 bits per heavy atom. The van der Waals surface area contributed by atoms with E-state index in [1.165, 1.54) is 6.07 Å². The maximum Gasteiger partial charge on any atom is 0.326 e. The molecule has 4 atom stereocenters. The molecule has 3 rings (SSSR count). The van der Waals surface area contributed by atoms with Crippen LogP contribution in [0.25, 0.3) is 0 Å². The van der Waals surface area contributed by atoms with Crippen LogP contribution in [0.1, 0.15) is 68.1 Å². The van der Waals surface area contributed by atoms with Gasteiger partial charge in [0.2, 0.25) is 35.4 Å². The molecule has 3 aromatic rings. The van der Waals surface area contributed by atoms with Crippen molar-refractivity contribution in [2.75, 3.05) is 0 Å². The molecule has 3 aromatic carbocycles. The van der Waals surface area contributed by atoms with Gasteiger partial charge < -0.3 is 37.8 Å². The van der Waals surface area contributed by atoms with Gasteiger partial charge in [0.1, 0.15) is 24.2 Å². The van der Waals surface area contributed by atoms with Crippen LogP contribution in [0.3, 0.4) is 0 Å². The molecule has 0 fully saturated rings. The van der Waals surface area contributed by atoms with Crippen LogP contribution < -0.4 is 32.7 Å². The number of aliphatic carboxylic acids is 1. The normalized spacial score (nSPS) is 13.0. The third-order valence-corrected chi connectivity index (χ3v) is 8.78. The van der Waals surface area contributed by atoms with E-state index in [0.717, 1.165) is 17.7 Å². The summed E-state index contributed by atoms with van der Waals surface area (Å²) in [7, 11) is 0. The van der Waals surface area contributed by atoms with Crippen LogP contribution in [0.15, 0.2) is 78.9 Å². The highest BCUT2D eigenvalue weighted by atomic mass is 19.2. The van der Waals surface area contributed by atoms with E-state index in [1.807, 2.05) is 0 Å². The van der Waals surface area contributed by atoms with E-state index in [4.69, 9.17) is 11.5 Å². The molecule has 14 nitrogen and oxygen atoms in total. The van der Waals surface area contributed by atoms with Gasteiger partial charge in [0.05, 0.1) is 6.42 Å². The van der Waals surface area contributed by atoms with E-state index < -0.39 is 83.6 Å². The lowest BCUT2D eigenvalue weighted by atomic mass is 10.0. The van der Waals surface area contributed by atoms with E-state index in [9.17, 15) is 47.4 Å². The van der Waals surface area contributed by atoms with Gasteiger partial charge in [-0.05, 0) is 41.7 Å². The van der Waals surface area contributed by atoms with Crippen molar-refractivity contribution < 1.29 is 47.4 Å². The fraction of sp³-hybridized carbons (Fsp3) is 0.375. The number of rotatable bonds is 24. The average Bonchev–Trinajstić information content (AvgIpc) is 3.15. The van der Waals surface area contributed by atoms with Gasteiger partial charge in [-0.25, -0.2) is 13.6 Å². The lowest BCUT2D eigenvalue weighted by Crippen LogP contribution is -2.54. The Morgan fingerprint density at radius 3 is 1.50 bits per heavy atom. The molecule has 0 saturated heterocycles. The topological polar surface area (TPSA) is 240 Å². The number of benzene rings is 3. The Kier molecular flexibility index (Phi) is 18.1. The molecule has 0 aliphatic carbocycles. The van der Waals surface area contributed by atoms with E-state index >= 15 is 0 Å². The van der Waals surface area contributed by atoms with Crippen molar-refractivity contribution in [1.82, 2.24) is 21.3 Å². The third kappa shape index (κ3) is 16.0. The second-order valence-corrected chi connectivity index (χ2v) is 13.4. The maximum absolute atomic E-state index is 14.0. The van der Waals surface area contributed by atoms with Crippen LogP contribution in [0.5, 0.6) is 0 Å². The number of unbranched alkanes of at least 4 members (excludes halogenated alkanes) is 4. The number of halogens is 2. The molecule has 0 heterocycles. The smallest absolute Gasteiger partial charge is 0.326 e. The molecule has 0 aliphatic heterocycles. The summed E-state index contributed by atoms with van der Waals surface area (Å²) in [5, 5.41) is 19.6. The standard InChI is InChI=1S/C40H48F2N6O8/c41-28-19-18-27(20-29(28)42)23-31(38(53)47-30(37(44)52)21-25-12-6-4-7-13-25)45-35(50)16-10-2-1-3-11-17-36(51)46-32(24-34(43)49)39(54)48-33(40(55)56)22-26-14-8-5-9-15-26/h4-9,12-15,18-20,30-33H,1-3,10-11,16-17,21-24H2,(H2,43,49)(H2,44,52)(H,45,50)(H,46,51)(H,47,53)(H,48,54)(H,55,56)/t30-,31-,32-,33-/m0/s1. The van der Waals surface area contributed by atoms with Crippen LogP contribution in [0.2, 0.25) is 0 Å². The van der Waals surface area contributed by atoms with Gasteiger partial charge in [0.15, 0.2) is 11.6 Å². The molecule has 300 valence electrons. The van der Waals surface area contributed by atoms with Crippen molar-refractivity contribution in [1.29, 1.82) is 0 Å². The Morgan fingerprint density at radius 1 is 0.536 bits per heavy atom. The van der Waals surface area contributed by atoms with Crippen LogP contribution in [0.4, 0.5) is 8.78 Å². The van der Waals surface area contributed by atoms with Crippen LogP contribution >= 0.6 is 0 Å². The summed E-state index contributed by atoms with van der Waals surface area (Å²) in [6.45, 7) is 0. The van der Waals surface area contributed by atoms with Crippen molar-refractivity contribution in [2.24, 2.45) is 11.5 Å². The molecule has 56 heavy (non-hydrogen) atoms. The molecule has 0 bridgehead atoms. The first-order valence-electron chi connectivity index (χ1n) is 18.2. The van der Waals surface area contributed by atoms with E-state index in [1.54, 1.807) is 60.7 Å². The van der Waals surface area contributed by atoms with Gasteiger partial charge >= 0.3 is 5.97 Å². The molecule has 0 spiro atoms. The van der Waals surface area contributed by atoms with Crippen LogP contribution in [-0.4, -0.2) is 70.7 Å². The average molecular weight is 779 g/mol. The number of carboxylic acids is 1. The van der Waals surface area contributed by atoms with Gasteiger partial charge in [-0.3, -0.25) is 28.8 Å². The minimum atomic E-state index is -1.37. The summed E-state index contributed by atoms with van der Waals surface area (Å²) in [6.07, 6.45) is 2.02. The molecule has 0 unspecified atom stereocenters. The number of carbonyl (C=O) groups excluding carboxylic acids is 6. The van der Waals surface area contributed by atoms with Crippen molar-refractivity contribution in [2.45, 2.75) is 94.8 Å². The molecule has 9 N–H and O–H groups in total. The predicted molar refractivity (Wildman–Crippen MR) is 201 cm³/mol. The quantitative estimate of drug-likeness (QED) is 0.0663. The van der Waals surface area contributed by atoms with Gasteiger partial charge in [-0.1, -0.05) is 86.0 Å². The number of nitrogens with one attached hydrogen (secondary N) is 4. The van der Waals surface area contributed by atoms with Crippen molar-refractivity contribution in [3.05, 3.63) is 107 Å². The second kappa shape index (κ2) is 22.9. The van der Waals surface area contributed by atoms with E-state index in [-0.39, 0.29) is 37.7 Å². The Bertz CT molecular complexity index is 1810. The minimum absolute atomic E-state index is 0.00669. The number of nitrogens with two attached hydrogens (primary N) is 2. The maximum atomic E-state index is 14.0. The van der Waals surface area contributed by atoms with Crippen molar-refractivity contribution in [3.63, 3.8) is 0 Å². The van der Waals surface area contributed by atoms with Crippen molar-refractivity contribution >= 4 is 41.4 Å². The summed E-state index contributed by atoms with van der Waals surface area (Å²) in [5.41, 5.74) is 12.5. The van der Waals surface area contributed by atoms with E-state index in [2.05, 4.69) is 21.3 Å². The molecule has 0 radical (unpaired) electrons. The number of hydrogen-bond donors (Lipinski definition) is 7. The molecule has 16 heteroatoms. The highest BCUT2D eigenvalue weighted by Gasteiger charge is 2.29. The summed E-state index contributed by atoms with van der Waals surface area (Å²) < 4.78 is 27.5. The molecule has 0 saturated carbocycles. The summed E-state index contributed by atoms with van der Waals surface area (Å²) >= 11 is 0. The lowest BCUT2D eigenvalue weighted by molar-refractivity contribution is -0.142. The Hall–Kier alpha value is -6.19. The fourth-order valence-corrected chi connectivity index (χ4v) is 5.82. The first kappa shape index (κ1) is 44.2. The summed E-state index contributed by atoms with van der Waals surface area (Å²) in [5.74, 6) is -7.75. The number of carbonyl (C=O) groups is 7. The van der Waals surface area contributed by atoms with Gasteiger partial charge in [-0.15, -0.1) is 0 Å². The zero-order chi connectivity index (χ0) is 41.0. The van der Waals surface area contributed by atoms with Gasteiger partial charge in [0, 0.05) is 32.1 Å². The van der Waals surface area contributed by atoms with Gasteiger partial charge in [0.25, 0.3) is 0 Å². The zero-order valence-electron chi connectivity index (χ0n) is 30.8. The fourth-order valence-electron chi connectivity index (χ4n) is 5.82. The summed E-state index contributed by atoms with van der Waals surface area (Å²) in [4.78, 5) is 87.4. The first-order valence-corrected chi connectivity index (χ1v) is 18.2. The number of hydrogen-bond acceptors (Lipinski definition) is 7. The van der Waals surface area contributed by atoms with Crippen LogP contribution in [0, 0.1) is 11.6 Å². The van der Waals surface area contributed by atoms with Crippen molar-refractivity contribution in [3.8, 4) is 0 Å². The monoisotopic (exact) mass is 778 g/mol. The molecular formula is C40H48F2N6O8. The highest BCUT2D eigenvalue weighted by molar-refractivity contribution is 5.94. The Labute approximate surface area is 323 Å². The third-order valence-electron chi connectivity index (χ3n) is 8.78. The highest BCUT2D eigenvalue weighted by Crippen LogP contribution is 2.13. The second-order valence-electron chi connectivity index (χ2n) is 13.4. The molecule has 0 aliphatic rings. The number of carboxylic acid groups (broad SMARTS) is 1. The molecule has 6 amide bonds. The van der Waals surface area contributed by atoms with Crippen LogP contribution in [-0.2, 0) is 52.8 Å². The minimum Gasteiger partial charge on any atom is -0.480 e. The SMILES string of the molecule is NC(=O)C[C@H](NC(=O)CCCCCCCC(=O)N[C@@H](Cc1ccc(F)c(F)c1)C(=O)N[C@@H](Cc1ccccc1)C(N)=O)C(=O)N[C@@H](Cc1ccccc1)C(=O)O. The van der Waals surface area contributed by atoms with E-state index in [0.29, 0.717) is 37.7 Å². The number of amides is 6. The van der Waals surface area contributed by atoms with Gasteiger partial charge in [-0.2, -0.15) is 0 Å². The first-order chi connectivity index (χ1) is 26.7.